The van der Waals surface area contributed by atoms with Crippen LogP contribution in [0.15, 0.2) is 0 Å². The molecule has 0 aromatic rings. The maximum Gasteiger partial charge on any atom is 0.130 e. The van der Waals surface area contributed by atoms with E-state index in [9.17, 15) is 0 Å². The molecule has 0 aromatic carbocycles. The lowest BCUT2D eigenvalue weighted by molar-refractivity contribution is 0.751. The van der Waals surface area contributed by atoms with Crippen molar-refractivity contribution in [2.24, 2.45) is 0 Å². The standard InChI is InChI=1S/C12H24Br2Si2/c13-15-7-1-2-8-16(14,11-5-3-9-15)12-6-4-10-15/h1-12H2. The summed E-state index contributed by atoms with van der Waals surface area (Å²) in [6.45, 7) is -1.96. The zero-order chi connectivity index (χ0) is 11.5. The van der Waals surface area contributed by atoms with E-state index < -0.39 is 13.4 Å². The fourth-order valence-electron chi connectivity index (χ4n) is 3.40. The van der Waals surface area contributed by atoms with Gasteiger partial charge in [-0.2, -0.15) is 0 Å². The molecule has 3 saturated heterocycles. The maximum absolute atomic E-state index is 4.21. The molecule has 3 aliphatic rings. The fraction of sp³-hybridized carbons (Fsp3) is 1.00. The topological polar surface area (TPSA) is 0 Å². The van der Waals surface area contributed by atoms with Crippen molar-refractivity contribution in [1.82, 2.24) is 0 Å². The molecule has 16 heavy (non-hydrogen) atoms. The molecule has 3 fully saturated rings. The molecule has 0 nitrogen and oxygen atoms in total. The lowest BCUT2D eigenvalue weighted by Crippen LogP contribution is -2.32. The Kier molecular flexibility index (Phi) is 5.20. The highest BCUT2D eigenvalue weighted by molar-refractivity contribution is 9.26. The number of halogens is 2. The van der Waals surface area contributed by atoms with Gasteiger partial charge in [0.25, 0.3) is 0 Å². The van der Waals surface area contributed by atoms with Crippen LogP contribution in [0.4, 0.5) is 0 Å². The Morgan fingerprint density at radius 1 is 0.438 bits per heavy atom. The zero-order valence-electron chi connectivity index (χ0n) is 10.2. The van der Waals surface area contributed by atoms with E-state index in [0.29, 0.717) is 0 Å². The van der Waals surface area contributed by atoms with Crippen LogP contribution in [-0.2, 0) is 0 Å². The van der Waals surface area contributed by atoms with E-state index in [4.69, 9.17) is 0 Å². The minimum Gasteiger partial charge on any atom is -0.126 e. The van der Waals surface area contributed by atoms with Gasteiger partial charge in [0.1, 0.15) is 13.4 Å². The van der Waals surface area contributed by atoms with Crippen LogP contribution < -0.4 is 0 Å². The molecule has 0 unspecified atom stereocenters. The third-order valence-corrected chi connectivity index (χ3v) is 19.1. The second-order valence-corrected chi connectivity index (χ2v) is 23.6. The first-order chi connectivity index (χ1) is 7.62. The first-order valence-corrected chi connectivity index (χ1v) is 16.8. The van der Waals surface area contributed by atoms with Crippen LogP contribution in [0.2, 0.25) is 36.3 Å². The predicted molar refractivity (Wildman–Crippen MR) is 85.9 cm³/mol. The van der Waals surface area contributed by atoms with Gasteiger partial charge in [0.15, 0.2) is 0 Å². The molecule has 3 aliphatic heterocycles. The van der Waals surface area contributed by atoms with Gasteiger partial charge in [0.05, 0.1) is 0 Å². The molecule has 0 radical (unpaired) electrons. The Labute approximate surface area is 118 Å². The molecular weight excluding hydrogens is 360 g/mol. The Morgan fingerprint density at radius 3 is 0.812 bits per heavy atom. The van der Waals surface area contributed by atoms with Gasteiger partial charge in [0, 0.05) is 0 Å². The SMILES string of the molecule is Br[Si]12CCCC[Si](Br)(CCCC1)CCCC2. The average molecular weight is 384 g/mol. The van der Waals surface area contributed by atoms with Crippen LogP contribution in [0.25, 0.3) is 0 Å². The van der Waals surface area contributed by atoms with Crippen LogP contribution in [0.5, 0.6) is 0 Å². The van der Waals surface area contributed by atoms with E-state index in [1.807, 2.05) is 0 Å². The van der Waals surface area contributed by atoms with Gasteiger partial charge in [-0.1, -0.05) is 38.5 Å². The van der Waals surface area contributed by atoms with Gasteiger partial charge < -0.3 is 0 Å². The molecule has 94 valence electrons. The largest absolute Gasteiger partial charge is 0.130 e. The van der Waals surface area contributed by atoms with E-state index >= 15 is 0 Å². The van der Waals surface area contributed by atoms with Gasteiger partial charge in [-0.3, -0.25) is 0 Å². The lowest BCUT2D eigenvalue weighted by Gasteiger charge is -2.33. The Balaban J connectivity index is 2.08. The molecular formula is C12H24Br2Si2. The predicted octanol–water partition coefficient (Wildman–Crippen LogP) is 6.04. The molecule has 0 aromatic heterocycles. The summed E-state index contributed by atoms with van der Waals surface area (Å²) in [4.78, 5) is 0. The van der Waals surface area contributed by atoms with Crippen LogP contribution in [0, 0.1) is 0 Å². The summed E-state index contributed by atoms with van der Waals surface area (Å²) in [5, 5.41) is 0. The van der Waals surface area contributed by atoms with Crippen LogP contribution in [-0.4, -0.2) is 13.4 Å². The molecule has 3 heterocycles. The molecule has 0 N–H and O–H groups in total. The summed E-state index contributed by atoms with van der Waals surface area (Å²) in [6, 6.07) is 9.36. The Bertz CT molecular complexity index is 175. The van der Waals surface area contributed by atoms with Gasteiger partial charge in [0.2, 0.25) is 0 Å². The summed E-state index contributed by atoms with van der Waals surface area (Å²) in [6.07, 6.45) is 9.07. The zero-order valence-corrected chi connectivity index (χ0v) is 15.4. The first kappa shape index (κ1) is 13.8. The summed E-state index contributed by atoms with van der Waals surface area (Å²) >= 11 is 8.42. The minimum atomic E-state index is -0.982. The number of hydrogen-bond acceptors (Lipinski definition) is 0. The molecule has 0 atom stereocenters. The third kappa shape index (κ3) is 3.96. The molecule has 2 bridgehead atoms. The maximum atomic E-state index is 4.21. The van der Waals surface area contributed by atoms with E-state index in [1.165, 1.54) is 38.5 Å². The van der Waals surface area contributed by atoms with Crippen molar-refractivity contribution >= 4 is 44.0 Å². The van der Waals surface area contributed by atoms with Gasteiger partial charge in [-0.15, -0.1) is 30.6 Å². The normalized spacial score (nSPS) is 42.4. The monoisotopic (exact) mass is 382 g/mol. The average Bonchev–Trinajstić information content (AvgIpc) is 2.27. The number of hydrogen-bond donors (Lipinski definition) is 0. The minimum absolute atomic E-state index is 0.982. The highest BCUT2D eigenvalue weighted by atomic mass is 79.9. The van der Waals surface area contributed by atoms with Crippen molar-refractivity contribution in [3.63, 3.8) is 0 Å². The van der Waals surface area contributed by atoms with E-state index in [-0.39, 0.29) is 0 Å². The molecule has 0 spiro atoms. The quantitative estimate of drug-likeness (QED) is 0.353. The third-order valence-electron chi connectivity index (χ3n) is 4.50. The second kappa shape index (κ2) is 6.02. The van der Waals surface area contributed by atoms with Crippen molar-refractivity contribution in [2.45, 2.75) is 74.8 Å². The highest BCUT2D eigenvalue weighted by Crippen LogP contribution is 2.42. The van der Waals surface area contributed by atoms with Crippen molar-refractivity contribution < 1.29 is 0 Å². The van der Waals surface area contributed by atoms with E-state index in [2.05, 4.69) is 30.6 Å². The summed E-state index contributed by atoms with van der Waals surface area (Å²) in [7, 11) is 0. The molecule has 3 rings (SSSR count). The first-order valence-electron chi connectivity index (χ1n) is 7.00. The van der Waals surface area contributed by atoms with Gasteiger partial charge in [-0.05, 0) is 36.3 Å². The summed E-state index contributed by atoms with van der Waals surface area (Å²) in [5.74, 6) is 0. The Morgan fingerprint density at radius 2 is 0.625 bits per heavy atom. The lowest BCUT2D eigenvalue weighted by atomic mass is 10.3. The van der Waals surface area contributed by atoms with Gasteiger partial charge >= 0.3 is 0 Å². The van der Waals surface area contributed by atoms with Crippen molar-refractivity contribution in [2.75, 3.05) is 0 Å². The highest BCUT2D eigenvalue weighted by Gasteiger charge is 2.35. The van der Waals surface area contributed by atoms with Crippen LogP contribution in [0.3, 0.4) is 0 Å². The number of rotatable bonds is 0. The van der Waals surface area contributed by atoms with Crippen LogP contribution >= 0.6 is 30.6 Å². The van der Waals surface area contributed by atoms with Crippen molar-refractivity contribution in [3.8, 4) is 0 Å². The van der Waals surface area contributed by atoms with Crippen molar-refractivity contribution in [1.29, 1.82) is 0 Å². The van der Waals surface area contributed by atoms with E-state index in [0.717, 1.165) is 0 Å². The second-order valence-electron chi connectivity index (χ2n) is 5.92. The molecule has 0 amide bonds. The molecule has 4 heteroatoms. The number of fused-ring (bicyclic) bond motifs is 9. The Hall–Kier alpha value is 1.39. The summed E-state index contributed by atoms with van der Waals surface area (Å²) in [5.41, 5.74) is 0. The van der Waals surface area contributed by atoms with Crippen molar-refractivity contribution in [3.05, 3.63) is 0 Å². The summed E-state index contributed by atoms with van der Waals surface area (Å²) < 4.78 is 0. The van der Waals surface area contributed by atoms with Crippen LogP contribution in [0.1, 0.15) is 38.5 Å². The van der Waals surface area contributed by atoms with Gasteiger partial charge in [-0.25, -0.2) is 0 Å². The molecule has 0 saturated carbocycles. The molecule has 0 aliphatic carbocycles. The smallest absolute Gasteiger partial charge is 0.126 e. The van der Waals surface area contributed by atoms with E-state index in [1.54, 1.807) is 36.3 Å². The fourth-order valence-corrected chi connectivity index (χ4v) is 15.2.